The van der Waals surface area contributed by atoms with Crippen molar-refractivity contribution < 1.29 is 14.3 Å². The number of hydrogen-bond acceptors (Lipinski definition) is 7. The first-order chi connectivity index (χ1) is 12.7. The maximum Gasteiger partial charge on any atom is 0.269 e. The topological polar surface area (TPSA) is 111 Å². The molecule has 0 atom stereocenters. The summed E-state index contributed by atoms with van der Waals surface area (Å²) >= 11 is 0. The molecule has 0 spiro atoms. The van der Waals surface area contributed by atoms with Crippen LogP contribution in [0.1, 0.15) is 42.5 Å². The number of amides is 1. The van der Waals surface area contributed by atoms with E-state index in [0.29, 0.717) is 23.0 Å². The van der Waals surface area contributed by atoms with Crippen LogP contribution in [0.15, 0.2) is 30.6 Å². The summed E-state index contributed by atoms with van der Waals surface area (Å²) in [6.45, 7) is 0. The Balaban J connectivity index is 1.61. The first kappa shape index (κ1) is 17.8. The average molecular weight is 357 g/mol. The van der Waals surface area contributed by atoms with Crippen molar-refractivity contribution in [2.75, 3.05) is 18.3 Å². The lowest BCUT2D eigenvalue weighted by molar-refractivity contribution is 0.0962. The molecule has 0 radical (unpaired) electrons. The largest absolute Gasteiger partial charge is 0.497 e. The van der Waals surface area contributed by atoms with Crippen LogP contribution in [0.2, 0.25) is 0 Å². The molecule has 1 heterocycles. The minimum absolute atomic E-state index is 0.127. The number of benzene rings is 1. The van der Waals surface area contributed by atoms with Crippen LogP contribution in [-0.4, -0.2) is 29.1 Å². The fraction of sp³-hybridized carbons (Fsp3) is 0.389. The number of anilines is 2. The number of nitrogens with two attached hydrogens (primary N) is 1. The van der Waals surface area contributed by atoms with E-state index in [2.05, 4.69) is 20.8 Å². The molecule has 138 valence electrons. The molecule has 1 aromatic heterocycles. The Morgan fingerprint density at radius 1 is 1.15 bits per heavy atom. The van der Waals surface area contributed by atoms with E-state index in [1.54, 1.807) is 31.4 Å². The van der Waals surface area contributed by atoms with Crippen LogP contribution in [-0.2, 0) is 0 Å². The van der Waals surface area contributed by atoms with Gasteiger partial charge in [0.1, 0.15) is 23.9 Å². The highest BCUT2D eigenvalue weighted by Crippen LogP contribution is 2.28. The van der Waals surface area contributed by atoms with Gasteiger partial charge in [0, 0.05) is 5.56 Å². The van der Waals surface area contributed by atoms with Crippen LogP contribution in [0, 0.1) is 0 Å². The third-order valence-electron chi connectivity index (χ3n) is 4.32. The number of carbonyl (C=O) groups is 1. The molecular formula is C18H23N5O3. The smallest absolute Gasteiger partial charge is 0.269 e. The monoisotopic (exact) mass is 357 g/mol. The van der Waals surface area contributed by atoms with Crippen molar-refractivity contribution in [3.63, 3.8) is 0 Å². The van der Waals surface area contributed by atoms with E-state index in [4.69, 9.17) is 15.2 Å². The second-order valence-electron chi connectivity index (χ2n) is 6.13. The number of nitrogen functional groups attached to an aromatic ring is 1. The van der Waals surface area contributed by atoms with Crippen molar-refractivity contribution in [3.8, 4) is 11.6 Å². The van der Waals surface area contributed by atoms with E-state index in [1.165, 1.54) is 12.7 Å². The summed E-state index contributed by atoms with van der Waals surface area (Å²) in [6, 6.07) is 6.75. The van der Waals surface area contributed by atoms with Crippen LogP contribution >= 0.6 is 0 Å². The van der Waals surface area contributed by atoms with Gasteiger partial charge in [-0.15, -0.1) is 0 Å². The number of ether oxygens (including phenoxy) is 2. The molecule has 8 nitrogen and oxygen atoms in total. The second kappa shape index (κ2) is 8.37. The molecule has 26 heavy (non-hydrogen) atoms. The molecule has 0 aliphatic heterocycles. The third-order valence-corrected chi connectivity index (χ3v) is 4.32. The van der Waals surface area contributed by atoms with Crippen molar-refractivity contribution in [3.05, 3.63) is 36.2 Å². The van der Waals surface area contributed by atoms with Gasteiger partial charge in [0.25, 0.3) is 5.91 Å². The van der Waals surface area contributed by atoms with Gasteiger partial charge >= 0.3 is 0 Å². The summed E-state index contributed by atoms with van der Waals surface area (Å²) in [5.41, 5.74) is 12.1. The van der Waals surface area contributed by atoms with E-state index < -0.39 is 0 Å². The highest BCUT2D eigenvalue weighted by Gasteiger charge is 2.18. The normalized spacial score (nSPS) is 14.5. The lowest BCUT2D eigenvalue weighted by Gasteiger charge is -2.23. The Labute approximate surface area is 152 Å². The Bertz CT molecular complexity index is 745. The fourth-order valence-electron chi connectivity index (χ4n) is 2.84. The summed E-state index contributed by atoms with van der Waals surface area (Å²) in [5.74, 6) is 1.00. The predicted molar refractivity (Wildman–Crippen MR) is 98.0 cm³/mol. The average Bonchev–Trinajstić information content (AvgIpc) is 2.69. The Kier molecular flexibility index (Phi) is 5.73. The fourth-order valence-corrected chi connectivity index (χ4v) is 2.84. The van der Waals surface area contributed by atoms with Gasteiger partial charge in [0.05, 0.1) is 7.11 Å². The van der Waals surface area contributed by atoms with Crippen molar-refractivity contribution in [1.29, 1.82) is 0 Å². The number of rotatable bonds is 6. The van der Waals surface area contributed by atoms with E-state index in [-0.39, 0.29) is 17.7 Å². The van der Waals surface area contributed by atoms with E-state index in [1.807, 2.05) is 0 Å². The Morgan fingerprint density at radius 2 is 1.88 bits per heavy atom. The number of carbonyl (C=O) groups excluding carboxylic acids is 1. The van der Waals surface area contributed by atoms with Crippen LogP contribution in [0.5, 0.6) is 11.6 Å². The van der Waals surface area contributed by atoms with Gasteiger partial charge in [0.15, 0.2) is 5.82 Å². The molecule has 8 heteroatoms. The number of nitrogens with zero attached hydrogens (tertiary/aromatic N) is 2. The van der Waals surface area contributed by atoms with Gasteiger partial charge in [0.2, 0.25) is 5.88 Å². The highest BCUT2D eigenvalue weighted by atomic mass is 16.5. The van der Waals surface area contributed by atoms with Gasteiger partial charge in [-0.25, -0.2) is 4.98 Å². The molecule has 3 rings (SSSR count). The lowest BCUT2D eigenvalue weighted by atomic mass is 9.98. The van der Waals surface area contributed by atoms with Crippen LogP contribution in [0.25, 0.3) is 0 Å². The van der Waals surface area contributed by atoms with Crippen molar-refractivity contribution in [2.45, 2.75) is 38.2 Å². The summed E-state index contributed by atoms with van der Waals surface area (Å²) in [7, 11) is 1.57. The second-order valence-corrected chi connectivity index (χ2v) is 6.13. The van der Waals surface area contributed by atoms with Crippen molar-refractivity contribution in [1.82, 2.24) is 15.4 Å². The molecule has 1 fully saturated rings. The number of hydrazine groups is 1. The molecule has 0 unspecified atom stereocenters. The number of methoxy groups -OCH3 is 1. The standard InChI is InChI=1S/C18H23N5O3/c1-25-13-9-7-12(8-10-13)17(24)23-22-16-15(19)18(21-11-20-16)26-14-5-3-2-4-6-14/h7-11,14H,2-6,19H2,1H3,(H,23,24)(H,20,21,22). The van der Waals surface area contributed by atoms with Crippen LogP contribution < -0.4 is 26.1 Å². The van der Waals surface area contributed by atoms with Crippen LogP contribution in [0.3, 0.4) is 0 Å². The Morgan fingerprint density at radius 3 is 2.58 bits per heavy atom. The van der Waals surface area contributed by atoms with Gasteiger partial charge in [-0.1, -0.05) is 6.42 Å². The first-order valence-electron chi connectivity index (χ1n) is 8.65. The van der Waals surface area contributed by atoms with Gasteiger partial charge in [-0.3, -0.25) is 15.6 Å². The van der Waals surface area contributed by atoms with Gasteiger partial charge in [-0.05, 0) is 49.9 Å². The molecule has 1 saturated carbocycles. The predicted octanol–water partition coefficient (Wildman–Crippen LogP) is 2.54. The molecular weight excluding hydrogens is 334 g/mol. The maximum absolute atomic E-state index is 12.2. The molecule has 1 aliphatic rings. The Hall–Kier alpha value is -3.03. The molecule has 1 amide bonds. The zero-order chi connectivity index (χ0) is 18.4. The maximum atomic E-state index is 12.2. The van der Waals surface area contributed by atoms with Gasteiger partial charge in [-0.2, -0.15) is 4.98 Å². The first-order valence-corrected chi connectivity index (χ1v) is 8.65. The van der Waals surface area contributed by atoms with Crippen LogP contribution in [0.4, 0.5) is 11.5 Å². The molecule has 4 N–H and O–H groups in total. The van der Waals surface area contributed by atoms with Gasteiger partial charge < -0.3 is 15.2 Å². The zero-order valence-electron chi connectivity index (χ0n) is 14.7. The lowest BCUT2D eigenvalue weighted by Crippen LogP contribution is -2.30. The molecule has 0 bridgehead atoms. The minimum Gasteiger partial charge on any atom is -0.497 e. The third kappa shape index (κ3) is 4.33. The molecule has 1 aliphatic carbocycles. The molecule has 2 aromatic rings. The van der Waals surface area contributed by atoms with E-state index >= 15 is 0 Å². The molecule has 1 aromatic carbocycles. The van der Waals surface area contributed by atoms with E-state index in [0.717, 1.165) is 25.7 Å². The summed E-state index contributed by atoms with van der Waals surface area (Å²) in [4.78, 5) is 20.4. The van der Waals surface area contributed by atoms with E-state index in [9.17, 15) is 4.79 Å². The summed E-state index contributed by atoms with van der Waals surface area (Å²) in [5, 5.41) is 0. The highest BCUT2D eigenvalue weighted by molar-refractivity contribution is 5.95. The van der Waals surface area contributed by atoms with Crippen molar-refractivity contribution >= 4 is 17.4 Å². The summed E-state index contributed by atoms with van der Waals surface area (Å²) in [6.07, 6.45) is 7.03. The quantitative estimate of drug-likeness (QED) is 0.681. The zero-order valence-corrected chi connectivity index (χ0v) is 14.7. The molecule has 0 saturated heterocycles. The summed E-state index contributed by atoms with van der Waals surface area (Å²) < 4.78 is 11.0. The SMILES string of the molecule is COc1ccc(C(=O)NNc2ncnc(OC3CCCCC3)c2N)cc1. The number of aromatic nitrogens is 2. The number of nitrogens with one attached hydrogen (secondary N) is 2. The van der Waals surface area contributed by atoms with Crippen molar-refractivity contribution in [2.24, 2.45) is 0 Å². The number of hydrogen-bond donors (Lipinski definition) is 3. The minimum atomic E-state index is -0.319.